The van der Waals surface area contributed by atoms with Crippen molar-refractivity contribution in [2.24, 2.45) is 0 Å². The van der Waals surface area contributed by atoms with Gasteiger partial charge in [0.15, 0.2) is 11.6 Å². The minimum atomic E-state index is 0.557. The van der Waals surface area contributed by atoms with E-state index in [-0.39, 0.29) is 0 Å². The van der Waals surface area contributed by atoms with E-state index in [2.05, 4.69) is 211 Å². The van der Waals surface area contributed by atoms with Gasteiger partial charge in [0, 0.05) is 21.9 Å². The van der Waals surface area contributed by atoms with Crippen LogP contribution in [-0.2, 0) is 0 Å². The molecule has 0 unspecified atom stereocenters. The van der Waals surface area contributed by atoms with Gasteiger partial charge in [-0.25, -0.2) is 4.98 Å². The third-order valence-electron chi connectivity index (χ3n) is 11.4. The Hall–Kier alpha value is -8.21. The maximum absolute atomic E-state index is 5.33. The molecule has 11 aromatic rings. The molecule has 0 radical (unpaired) electrons. The largest absolute Gasteiger partial charge is 0.278 e. The van der Waals surface area contributed by atoms with Gasteiger partial charge in [0.25, 0.3) is 0 Å². The summed E-state index contributed by atoms with van der Waals surface area (Å²) in [6, 6.07) is 81.3. The Labute approximate surface area is 354 Å². The highest BCUT2D eigenvalue weighted by atomic mass is 15.2. The first kappa shape index (κ1) is 35.9. The highest BCUT2D eigenvalue weighted by Gasteiger charge is 2.22. The molecule has 0 aliphatic rings. The van der Waals surface area contributed by atoms with Gasteiger partial charge in [-0.3, -0.25) is 4.57 Å². The summed E-state index contributed by atoms with van der Waals surface area (Å²) < 4.78 is 2.23. The lowest BCUT2D eigenvalue weighted by atomic mass is 9.90. The predicted molar refractivity (Wildman–Crippen MR) is 252 cm³/mol. The Morgan fingerprint density at radius 3 is 1.18 bits per heavy atom. The Morgan fingerprint density at radius 2 is 0.639 bits per heavy atom. The molecule has 0 amide bonds. The molecule has 0 saturated carbocycles. The number of para-hydroxylation sites is 1. The molecule has 0 aliphatic heterocycles. The van der Waals surface area contributed by atoms with Gasteiger partial charge >= 0.3 is 0 Å². The smallest absolute Gasteiger partial charge is 0.238 e. The van der Waals surface area contributed by atoms with E-state index >= 15 is 0 Å². The number of benzene rings is 9. The minimum Gasteiger partial charge on any atom is -0.278 e. The van der Waals surface area contributed by atoms with E-state index in [1.165, 1.54) is 11.1 Å². The standard InChI is InChI=1S/C57H38N4/c1-6-18-39(19-7-1)42-30-32-45(33-31-42)56-58-55(44-26-14-5-15-27-44)59-57(60-56)61-52-29-17-16-28-50(52)54-51(43-24-12-4-13-25-43)37-49(38-53(54)61)48-35-46(40-20-8-2-9-21-40)34-47(36-48)41-22-10-3-11-23-41/h1-38H. The molecule has 2 aromatic heterocycles. The Kier molecular flexibility index (Phi) is 9.14. The summed E-state index contributed by atoms with van der Waals surface area (Å²) in [5.41, 5.74) is 15.3. The van der Waals surface area contributed by atoms with Crippen LogP contribution in [0.25, 0.3) is 106 Å². The molecule has 286 valence electrons. The number of hydrogen-bond donors (Lipinski definition) is 0. The maximum atomic E-state index is 5.33. The van der Waals surface area contributed by atoms with Gasteiger partial charge in [-0.1, -0.05) is 194 Å². The number of fused-ring (bicyclic) bond motifs is 3. The summed E-state index contributed by atoms with van der Waals surface area (Å²) in [7, 11) is 0. The number of hydrogen-bond acceptors (Lipinski definition) is 3. The van der Waals surface area contributed by atoms with Gasteiger partial charge in [0.05, 0.1) is 11.0 Å². The van der Waals surface area contributed by atoms with E-state index in [4.69, 9.17) is 15.0 Å². The van der Waals surface area contributed by atoms with Gasteiger partial charge in [-0.15, -0.1) is 0 Å². The SMILES string of the molecule is c1ccc(-c2ccc(-c3nc(-c4ccccc4)nc(-n4c5ccccc5c5c(-c6ccccc6)cc(-c6cc(-c7ccccc7)cc(-c7ccccc7)c6)cc54)n3)cc2)cc1. The van der Waals surface area contributed by atoms with Crippen molar-refractivity contribution in [3.63, 3.8) is 0 Å². The first-order valence-corrected chi connectivity index (χ1v) is 20.6. The normalized spacial score (nSPS) is 11.3. The van der Waals surface area contributed by atoms with Crippen LogP contribution in [0.1, 0.15) is 0 Å². The minimum absolute atomic E-state index is 0.557. The van der Waals surface area contributed by atoms with Crippen LogP contribution >= 0.6 is 0 Å². The first-order chi connectivity index (χ1) is 30.2. The third kappa shape index (κ3) is 6.86. The van der Waals surface area contributed by atoms with E-state index in [1.54, 1.807) is 0 Å². The second kappa shape index (κ2) is 15.5. The van der Waals surface area contributed by atoms with Crippen LogP contribution < -0.4 is 0 Å². The van der Waals surface area contributed by atoms with Crippen LogP contribution in [0.15, 0.2) is 231 Å². The highest BCUT2D eigenvalue weighted by Crippen LogP contribution is 2.43. The molecule has 2 heterocycles. The van der Waals surface area contributed by atoms with Gasteiger partial charge in [-0.2, -0.15) is 9.97 Å². The van der Waals surface area contributed by atoms with Crippen LogP contribution in [0.3, 0.4) is 0 Å². The number of nitrogens with zero attached hydrogens (tertiary/aromatic N) is 4. The Morgan fingerprint density at radius 1 is 0.262 bits per heavy atom. The molecule has 0 saturated heterocycles. The Bertz CT molecular complexity index is 3250. The van der Waals surface area contributed by atoms with Gasteiger partial charge in [-0.05, 0) is 92.0 Å². The van der Waals surface area contributed by atoms with Crippen molar-refractivity contribution in [3.8, 4) is 84.4 Å². The number of aromatic nitrogens is 4. The van der Waals surface area contributed by atoms with Gasteiger partial charge in [0.1, 0.15) is 0 Å². The summed E-state index contributed by atoms with van der Waals surface area (Å²) in [4.78, 5) is 15.7. The van der Waals surface area contributed by atoms with Crippen LogP contribution in [-0.4, -0.2) is 19.5 Å². The monoisotopic (exact) mass is 778 g/mol. The summed E-state index contributed by atoms with van der Waals surface area (Å²) in [6.45, 7) is 0. The quantitative estimate of drug-likeness (QED) is 0.154. The zero-order valence-corrected chi connectivity index (χ0v) is 33.2. The topological polar surface area (TPSA) is 43.6 Å². The lowest BCUT2D eigenvalue weighted by Crippen LogP contribution is -2.06. The van der Waals surface area contributed by atoms with Crippen LogP contribution in [0.4, 0.5) is 0 Å². The average molecular weight is 779 g/mol. The average Bonchev–Trinajstić information content (AvgIpc) is 3.69. The molecule has 61 heavy (non-hydrogen) atoms. The molecule has 4 heteroatoms. The molecular formula is C57H38N4. The lowest BCUT2D eigenvalue weighted by Gasteiger charge is -2.15. The molecule has 0 aliphatic carbocycles. The van der Waals surface area contributed by atoms with Gasteiger partial charge in [0.2, 0.25) is 5.95 Å². The zero-order valence-electron chi connectivity index (χ0n) is 33.2. The van der Waals surface area contributed by atoms with Crippen molar-refractivity contribution in [1.82, 2.24) is 19.5 Å². The predicted octanol–water partition coefficient (Wildman–Crippen LogP) is 14.6. The molecule has 4 nitrogen and oxygen atoms in total. The molecule has 0 atom stereocenters. The second-order valence-electron chi connectivity index (χ2n) is 15.3. The molecular weight excluding hydrogens is 741 g/mol. The summed E-state index contributed by atoms with van der Waals surface area (Å²) in [5.74, 6) is 1.78. The summed E-state index contributed by atoms with van der Waals surface area (Å²) in [6.07, 6.45) is 0. The molecule has 0 bridgehead atoms. The van der Waals surface area contributed by atoms with Crippen molar-refractivity contribution in [1.29, 1.82) is 0 Å². The lowest BCUT2D eigenvalue weighted by molar-refractivity contribution is 0.953. The fourth-order valence-electron chi connectivity index (χ4n) is 8.46. The summed E-state index contributed by atoms with van der Waals surface area (Å²) in [5, 5.41) is 2.27. The molecule has 0 spiro atoms. The molecule has 0 N–H and O–H groups in total. The molecule has 9 aromatic carbocycles. The van der Waals surface area contributed by atoms with E-state index in [1.807, 2.05) is 24.3 Å². The summed E-state index contributed by atoms with van der Waals surface area (Å²) >= 11 is 0. The fourth-order valence-corrected chi connectivity index (χ4v) is 8.46. The van der Waals surface area contributed by atoms with Crippen molar-refractivity contribution in [2.75, 3.05) is 0 Å². The van der Waals surface area contributed by atoms with Crippen molar-refractivity contribution < 1.29 is 0 Å². The van der Waals surface area contributed by atoms with E-state index in [9.17, 15) is 0 Å². The number of rotatable bonds is 8. The Balaban J connectivity index is 1.19. The van der Waals surface area contributed by atoms with Crippen LogP contribution in [0.5, 0.6) is 0 Å². The highest BCUT2D eigenvalue weighted by molar-refractivity contribution is 6.17. The van der Waals surface area contributed by atoms with E-state index < -0.39 is 0 Å². The second-order valence-corrected chi connectivity index (χ2v) is 15.3. The van der Waals surface area contributed by atoms with Crippen molar-refractivity contribution >= 4 is 21.8 Å². The third-order valence-corrected chi connectivity index (χ3v) is 11.4. The fraction of sp³-hybridized carbons (Fsp3) is 0. The van der Waals surface area contributed by atoms with Gasteiger partial charge < -0.3 is 0 Å². The molecule has 11 rings (SSSR count). The van der Waals surface area contributed by atoms with Crippen molar-refractivity contribution in [3.05, 3.63) is 231 Å². The zero-order chi connectivity index (χ0) is 40.5. The first-order valence-electron chi connectivity index (χ1n) is 20.6. The maximum Gasteiger partial charge on any atom is 0.238 e. The van der Waals surface area contributed by atoms with E-state index in [0.29, 0.717) is 17.6 Å². The van der Waals surface area contributed by atoms with Crippen LogP contribution in [0, 0.1) is 0 Å². The van der Waals surface area contributed by atoms with Crippen molar-refractivity contribution in [2.45, 2.75) is 0 Å². The van der Waals surface area contributed by atoms with E-state index in [0.717, 1.165) is 77.4 Å². The molecule has 0 fully saturated rings. The van der Waals surface area contributed by atoms with Crippen LogP contribution in [0.2, 0.25) is 0 Å².